The predicted octanol–water partition coefficient (Wildman–Crippen LogP) is 1.26. The number of hydrogen-bond acceptors (Lipinski definition) is 3. The Morgan fingerprint density at radius 1 is 1.33 bits per heavy atom. The van der Waals surface area contributed by atoms with Crippen molar-refractivity contribution in [2.45, 2.75) is 12.5 Å². The molecule has 2 amide bonds. The van der Waals surface area contributed by atoms with Gasteiger partial charge >= 0.3 is 6.09 Å². The number of amides is 2. The van der Waals surface area contributed by atoms with Crippen LogP contribution in [0.4, 0.5) is 4.79 Å². The number of rotatable bonds is 2. The maximum Gasteiger partial charge on any atom is 0.409 e. The number of nitrogens with one attached hydrogen (secondary N) is 1. The summed E-state index contributed by atoms with van der Waals surface area (Å²) in [5.74, 6) is -0.104. The van der Waals surface area contributed by atoms with E-state index in [4.69, 9.17) is 0 Å². The van der Waals surface area contributed by atoms with Crippen LogP contribution in [-0.4, -0.2) is 43.1 Å². The zero-order valence-electron chi connectivity index (χ0n) is 10.3. The van der Waals surface area contributed by atoms with E-state index in [9.17, 15) is 9.59 Å². The maximum absolute atomic E-state index is 11.9. The summed E-state index contributed by atoms with van der Waals surface area (Å²) in [6, 6.07) is 9.04. The lowest BCUT2D eigenvalue weighted by molar-refractivity contribution is 0.0934. The second kappa shape index (κ2) is 5.53. The van der Waals surface area contributed by atoms with Gasteiger partial charge in [0.05, 0.1) is 7.11 Å². The Hall–Kier alpha value is -2.04. The van der Waals surface area contributed by atoms with Crippen LogP contribution in [0.2, 0.25) is 0 Å². The SMILES string of the molecule is COC(=O)N1CCC(NC(=O)c2ccccc2)C1. The van der Waals surface area contributed by atoms with Crippen LogP contribution in [0.15, 0.2) is 30.3 Å². The lowest BCUT2D eigenvalue weighted by Gasteiger charge is -2.15. The zero-order chi connectivity index (χ0) is 13.0. The van der Waals surface area contributed by atoms with Crippen LogP contribution in [0.25, 0.3) is 0 Å². The second-order valence-electron chi connectivity index (χ2n) is 4.24. The van der Waals surface area contributed by atoms with Gasteiger partial charge < -0.3 is 15.0 Å². The van der Waals surface area contributed by atoms with Crippen LogP contribution in [0, 0.1) is 0 Å². The van der Waals surface area contributed by atoms with Crippen LogP contribution >= 0.6 is 0 Å². The number of carbonyl (C=O) groups excluding carboxylic acids is 2. The van der Waals surface area contributed by atoms with Crippen LogP contribution in [0.5, 0.6) is 0 Å². The number of nitrogens with zero attached hydrogens (tertiary/aromatic N) is 1. The van der Waals surface area contributed by atoms with Gasteiger partial charge in [0.15, 0.2) is 0 Å². The Bertz CT molecular complexity index is 433. The number of methoxy groups -OCH3 is 1. The van der Waals surface area contributed by atoms with Crippen molar-refractivity contribution >= 4 is 12.0 Å². The molecule has 18 heavy (non-hydrogen) atoms. The monoisotopic (exact) mass is 248 g/mol. The molecule has 2 rings (SSSR count). The number of carbonyl (C=O) groups is 2. The Balaban J connectivity index is 1.89. The molecule has 1 N–H and O–H groups in total. The summed E-state index contributed by atoms with van der Waals surface area (Å²) in [5.41, 5.74) is 0.633. The molecule has 5 heteroatoms. The quantitative estimate of drug-likeness (QED) is 0.857. The van der Waals surface area contributed by atoms with Gasteiger partial charge in [-0.15, -0.1) is 0 Å². The summed E-state index contributed by atoms with van der Waals surface area (Å²) in [4.78, 5) is 24.8. The number of hydrogen-bond donors (Lipinski definition) is 1. The summed E-state index contributed by atoms with van der Waals surface area (Å²) in [7, 11) is 1.36. The second-order valence-corrected chi connectivity index (χ2v) is 4.24. The summed E-state index contributed by atoms with van der Waals surface area (Å²) < 4.78 is 4.65. The molecule has 1 aliphatic rings. The highest BCUT2D eigenvalue weighted by molar-refractivity contribution is 5.94. The standard InChI is InChI=1S/C13H16N2O3/c1-18-13(17)15-8-7-11(9-15)14-12(16)10-5-3-2-4-6-10/h2-6,11H,7-9H2,1H3,(H,14,16). The van der Waals surface area contributed by atoms with Gasteiger partial charge in [0.1, 0.15) is 0 Å². The summed E-state index contributed by atoms with van der Waals surface area (Å²) >= 11 is 0. The first kappa shape index (κ1) is 12.4. The van der Waals surface area contributed by atoms with Crippen molar-refractivity contribution in [1.82, 2.24) is 10.2 Å². The van der Waals surface area contributed by atoms with Crippen LogP contribution in [0.3, 0.4) is 0 Å². The van der Waals surface area contributed by atoms with Gasteiger partial charge in [0.2, 0.25) is 0 Å². The first-order valence-electron chi connectivity index (χ1n) is 5.89. The molecular weight excluding hydrogens is 232 g/mol. The molecule has 1 unspecified atom stereocenters. The van der Waals surface area contributed by atoms with Crippen molar-refractivity contribution in [3.8, 4) is 0 Å². The topological polar surface area (TPSA) is 58.6 Å². The molecule has 96 valence electrons. The molecule has 5 nitrogen and oxygen atoms in total. The van der Waals surface area contributed by atoms with Crippen LogP contribution < -0.4 is 5.32 Å². The van der Waals surface area contributed by atoms with Crippen molar-refractivity contribution < 1.29 is 14.3 Å². The zero-order valence-corrected chi connectivity index (χ0v) is 10.3. The van der Waals surface area contributed by atoms with Crippen molar-refractivity contribution in [3.05, 3.63) is 35.9 Å². The van der Waals surface area contributed by atoms with Gasteiger partial charge in [-0.1, -0.05) is 18.2 Å². The number of benzene rings is 1. The van der Waals surface area contributed by atoms with Crippen molar-refractivity contribution in [2.24, 2.45) is 0 Å². The highest BCUT2D eigenvalue weighted by Crippen LogP contribution is 2.11. The molecule has 0 bridgehead atoms. The minimum absolute atomic E-state index is 0.00296. The molecule has 1 aromatic carbocycles. The van der Waals surface area contributed by atoms with Gasteiger partial charge in [-0.3, -0.25) is 4.79 Å². The Labute approximate surface area is 106 Å². The predicted molar refractivity (Wildman–Crippen MR) is 66.3 cm³/mol. The number of likely N-dealkylation sites (tertiary alicyclic amines) is 1. The first-order valence-corrected chi connectivity index (χ1v) is 5.89. The highest BCUT2D eigenvalue weighted by Gasteiger charge is 2.27. The van der Waals surface area contributed by atoms with Gasteiger partial charge in [-0.25, -0.2) is 4.79 Å². The third-order valence-electron chi connectivity index (χ3n) is 2.99. The van der Waals surface area contributed by atoms with E-state index >= 15 is 0 Å². The number of ether oxygens (including phenoxy) is 1. The van der Waals surface area contributed by atoms with Gasteiger partial charge in [-0.05, 0) is 18.6 Å². The Morgan fingerprint density at radius 3 is 2.72 bits per heavy atom. The third-order valence-corrected chi connectivity index (χ3v) is 2.99. The molecule has 1 saturated heterocycles. The molecule has 1 aromatic rings. The molecule has 0 saturated carbocycles. The molecule has 0 aromatic heterocycles. The van der Waals surface area contributed by atoms with Gasteiger partial charge in [0.25, 0.3) is 5.91 Å². The fourth-order valence-electron chi connectivity index (χ4n) is 2.03. The summed E-state index contributed by atoms with van der Waals surface area (Å²) in [6.07, 6.45) is 0.416. The Morgan fingerprint density at radius 2 is 2.06 bits per heavy atom. The fourth-order valence-corrected chi connectivity index (χ4v) is 2.03. The first-order chi connectivity index (χ1) is 8.70. The van der Waals surface area contributed by atoms with E-state index in [0.717, 1.165) is 6.42 Å². The normalized spacial score (nSPS) is 18.5. The highest BCUT2D eigenvalue weighted by atomic mass is 16.5. The van der Waals surface area contributed by atoms with Crippen molar-refractivity contribution in [1.29, 1.82) is 0 Å². The summed E-state index contributed by atoms with van der Waals surface area (Å²) in [6.45, 7) is 1.12. The molecule has 1 aliphatic heterocycles. The molecule has 1 heterocycles. The van der Waals surface area contributed by atoms with E-state index in [0.29, 0.717) is 18.7 Å². The fraction of sp³-hybridized carbons (Fsp3) is 0.385. The molecular formula is C13H16N2O3. The largest absolute Gasteiger partial charge is 0.453 e. The lowest BCUT2D eigenvalue weighted by atomic mass is 10.2. The van der Waals surface area contributed by atoms with Crippen LogP contribution in [-0.2, 0) is 4.74 Å². The molecule has 0 spiro atoms. The summed E-state index contributed by atoms with van der Waals surface area (Å²) in [5, 5.41) is 2.92. The maximum atomic E-state index is 11.9. The van der Waals surface area contributed by atoms with Crippen molar-refractivity contribution in [2.75, 3.05) is 20.2 Å². The minimum Gasteiger partial charge on any atom is -0.453 e. The average molecular weight is 248 g/mol. The van der Waals surface area contributed by atoms with E-state index in [1.807, 2.05) is 18.2 Å². The van der Waals surface area contributed by atoms with E-state index in [-0.39, 0.29) is 18.0 Å². The Kier molecular flexibility index (Phi) is 3.82. The average Bonchev–Trinajstić information content (AvgIpc) is 2.87. The van der Waals surface area contributed by atoms with E-state index < -0.39 is 0 Å². The third kappa shape index (κ3) is 2.80. The molecule has 1 atom stereocenters. The molecule has 0 radical (unpaired) electrons. The van der Waals surface area contributed by atoms with E-state index in [2.05, 4.69) is 10.1 Å². The van der Waals surface area contributed by atoms with Gasteiger partial charge in [0, 0.05) is 24.7 Å². The molecule has 1 fully saturated rings. The lowest BCUT2D eigenvalue weighted by Crippen LogP contribution is -2.38. The van der Waals surface area contributed by atoms with E-state index in [1.165, 1.54) is 7.11 Å². The van der Waals surface area contributed by atoms with E-state index in [1.54, 1.807) is 17.0 Å². The van der Waals surface area contributed by atoms with Gasteiger partial charge in [-0.2, -0.15) is 0 Å². The van der Waals surface area contributed by atoms with Crippen molar-refractivity contribution in [3.63, 3.8) is 0 Å². The minimum atomic E-state index is -0.341. The van der Waals surface area contributed by atoms with Crippen LogP contribution in [0.1, 0.15) is 16.8 Å². The molecule has 0 aliphatic carbocycles. The smallest absolute Gasteiger partial charge is 0.409 e.